The van der Waals surface area contributed by atoms with Crippen LogP contribution in [0.4, 0.5) is 0 Å². The van der Waals surface area contributed by atoms with Crippen molar-refractivity contribution in [2.24, 2.45) is 0 Å². The lowest BCUT2D eigenvalue weighted by Crippen LogP contribution is -2.41. The molecule has 0 aliphatic carbocycles. The third-order valence-electron chi connectivity index (χ3n) is 4.52. The van der Waals surface area contributed by atoms with Crippen molar-refractivity contribution in [2.75, 3.05) is 6.61 Å². The normalized spacial score (nSPS) is 12.6. The molecule has 2 rings (SSSR count). The van der Waals surface area contributed by atoms with Crippen molar-refractivity contribution in [3.05, 3.63) is 23.7 Å². The minimum atomic E-state index is -1.81. The number of hydrogen-bond acceptors (Lipinski definition) is 5. The predicted molar refractivity (Wildman–Crippen MR) is 91.3 cm³/mol. The lowest BCUT2D eigenvalue weighted by molar-refractivity contribution is 0.248. The smallest absolute Gasteiger partial charge is 0.192 e. The van der Waals surface area contributed by atoms with Gasteiger partial charge < -0.3 is 14.1 Å². The fourth-order valence-corrected chi connectivity index (χ4v) is 3.12. The van der Waals surface area contributed by atoms with Crippen molar-refractivity contribution >= 4 is 19.5 Å². The Labute approximate surface area is 137 Å². The Morgan fingerprint density at radius 1 is 1.39 bits per heavy atom. The highest BCUT2D eigenvalue weighted by Gasteiger charge is 2.36. The highest BCUT2D eigenvalue weighted by molar-refractivity contribution is 6.74. The molecule has 2 aromatic heterocycles. The quantitative estimate of drug-likeness (QED) is 0.851. The average Bonchev–Trinajstić information content (AvgIpc) is 2.83. The van der Waals surface area contributed by atoms with Crippen LogP contribution in [0.25, 0.3) is 11.2 Å². The van der Waals surface area contributed by atoms with Gasteiger partial charge in [-0.05, 0) is 24.2 Å². The number of aliphatic hydroxyl groups excluding tert-OH is 1. The van der Waals surface area contributed by atoms with E-state index in [2.05, 4.69) is 49.9 Å². The van der Waals surface area contributed by atoms with Crippen molar-refractivity contribution < 1.29 is 9.53 Å². The summed E-state index contributed by atoms with van der Waals surface area (Å²) >= 11 is 0. The molecular formula is C16H24N4O2Si. The highest BCUT2D eigenvalue weighted by atomic mass is 28.4. The van der Waals surface area contributed by atoms with E-state index >= 15 is 0 Å². The summed E-state index contributed by atoms with van der Waals surface area (Å²) in [4.78, 5) is 8.67. The first-order chi connectivity index (χ1) is 10.7. The van der Waals surface area contributed by atoms with Crippen molar-refractivity contribution in [1.82, 2.24) is 14.5 Å². The second-order valence-electron chi connectivity index (χ2n) is 7.13. The molecule has 2 aromatic rings. The van der Waals surface area contributed by atoms with Crippen LogP contribution >= 0.6 is 0 Å². The van der Waals surface area contributed by atoms with Crippen LogP contribution in [0.2, 0.25) is 18.1 Å². The van der Waals surface area contributed by atoms with Gasteiger partial charge in [0.15, 0.2) is 14.0 Å². The molecule has 7 heteroatoms. The van der Waals surface area contributed by atoms with Gasteiger partial charge in [0.1, 0.15) is 24.0 Å². The standard InChI is InChI=1S/C16H24N4O2Si/c1-16(2,3)23(4,5)22-7-6-20-14(11-21)19-13-8-12(9-17)10-18-15(13)20/h8,10,21H,6-7,11H2,1-5H3. The zero-order valence-electron chi connectivity index (χ0n) is 14.4. The number of aliphatic hydroxyl groups is 1. The Hall–Kier alpha value is -1.75. The largest absolute Gasteiger partial charge is 0.415 e. The SMILES string of the molecule is CC(C)(C)[Si](C)(C)OCCn1c(CO)nc2cc(C#N)cnc21. The Morgan fingerprint density at radius 2 is 2.09 bits per heavy atom. The van der Waals surface area contributed by atoms with Crippen molar-refractivity contribution in [3.8, 4) is 6.07 Å². The molecule has 0 unspecified atom stereocenters. The zero-order valence-corrected chi connectivity index (χ0v) is 15.4. The van der Waals surface area contributed by atoms with Gasteiger partial charge in [-0.25, -0.2) is 9.97 Å². The van der Waals surface area contributed by atoms with Crippen LogP contribution in [-0.4, -0.2) is 34.6 Å². The number of hydrogen-bond donors (Lipinski definition) is 1. The first-order valence-corrected chi connectivity index (χ1v) is 10.6. The van der Waals surface area contributed by atoms with Crippen LogP contribution in [0.5, 0.6) is 0 Å². The first-order valence-electron chi connectivity index (χ1n) is 7.69. The summed E-state index contributed by atoms with van der Waals surface area (Å²) in [6, 6.07) is 3.74. The lowest BCUT2D eigenvalue weighted by Gasteiger charge is -2.36. The van der Waals surface area contributed by atoms with Crippen LogP contribution in [0.15, 0.2) is 12.3 Å². The van der Waals surface area contributed by atoms with E-state index in [1.807, 2.05) is 4.57 Å². The summed E-state index contributed by atoms with van der Waals surface area (Å²) in [5, 5.41) is 18.6. The van der Waals surface area contributed by atoms with Crippen molar-refractivity contribution in [3.63, 3.8) is 0 Å². The monoisotopic (exact) mass is 332 g/mol. The maximum atomic E-state index is 9.53. The minimum absolute atomic E-state index is 0.157. The fraction of sp³-hybridized carbons (Fsp3) is 0.562. The Balaban J connectivity index is 2.22. The van der Waals surface area contributed by atoms with Gasteiger partial charge in [0, 0.05) is 12.7 Å². The van der Waals surface area contributed by atoms with Gasteiger partial charge in [0.25, 0.3) is 0 Å². The Morgan fingerprint density at radius 3 is 2.65 bits per heavy atom. The van der Waals surface area contributed by atoms with Crippen LogP contribution < -0.4 is 0 Å². The van der Waals surface area contributed by atoms with Crippen LogP contribution in [0.1, 0.15) is 32.2 Å². The molecule has 1 N–H and O–H groups in total. The van der Waals surface area contributed by atoms with E-state index in [9.17, 15) is 5.11 Å². The number of nitrogens with zero attached hydrogens (tertiary/aromatic N) is 4. The maximum Gasteiger partial charge on any atom is 0.192 e. The van der Waals surface area contributed by atoms with E-state index in [1.165, 1.54) is 6.20 Å². The van der Waals surface area contributed by atoms with Gasteiger partial charge >= 0.3 is 0 Å². The van der Waals surface area contributed by atoms with Crippen molar-refractivity contribution in [2.45, 2.75) is 52.1 Å². The van der Waals surface area contributed by atoms with Gasteiger partial charge in [-0.2, -0.15) is 5.26 Å². The molecule has 23 heavy (non-hydrogen) atoms. The third kappa shape index (κ3) is 3.60. The first kappa shape index (κ1) is 17.6. The lowest BCUT2D eigenvalue weighted by atomic mass is 10.2. The van der Waals surface area contributed by atoms with Gasteiger partial charge in [-0.3, -0.25) is 0 Å². The highest BCUT2D eigenvalue weighted by Crippen LogP contribution is 2.36. The van der Waals surface area contributed by atoms with Gasteiger partial charge in [-0.15, -0.1) is 0 Å². The second kappa shape index (κ2) is 6.39. The van der Waals surface area contributed by atoms with Gasteiger partial charge in [-0.1, -0.05) is 20.8 Å². The summed E-state index contributed by atoms with van der Waals surface area (Å²) in [6.45, 7) is 12.0. The maximum absolute atomic E-state index is 9.53. The molecule has 0 radical (unpaired) electrons. The molecule has 0 bridgehead atoms. The van der Waals surface area contributed by atoms with Crippen molar-refractivity contribution in [1.29, 1.82) is 5.26 Å². The van der Waals surface area contributed by atoms with Gasteiger partial charge in [0.2, 0.25) is 0 Å². The molecular weight excluding hydrogens is 308 g/mol. The Bertz CT molecular complexity index is 741. The summed E-state index contributed by atoms with van der Waals surface area (Å²) in [5.41, 5.74) is 1.76. The van der Waals surface area contributed by atoms with E-state index in [1.54, 1.807) is 6.07 Å². The summed E-state index contributed by atoms with van der Waals surface area (Å²) in [5.74, 6) is 0.543. The van der Waals surface area contributed by atoms with E-state index in [-0.39, 0.29) is 11.6 Å². The third-order valence-corrected chi connectivity index (χ3v) is 9.06. The molecule has 0 aliphatic rings. The summed E-state index contributed by atoms with van der Waals surface area (Å²) in [7, 11) is -1.81. The molecule has 124 valence electrons. The number of nitriles is 1. The van der Waals surface area contributed by atoms with E-state index in [4.69, 9.17) is 9.69 Å². The molecule has 6 nitrogen and oxygen atoms in total. The second-order valence-corrected chi connectivity index (χ2v) is 11.9. The number of aromatic nitrogens is 3. The number of rotatable bonds is 5. The topological polar surface area (TPSA) is 84.0 Å². The van der Waals surface area contributed by atoms with Gasteiger partial charge in [0.05, 0.1) is 12.2 Å². The average molecular weight is 332 g/mol. The van der Waals surface area contributed by atoms with E-state index in [0.717, 1.165) is 0 Å². The van der Waals surface area contributed by atoms with E-state index < -0.39 is 8.32 Å². The molecule has 0 amide bonds. The molecule has 0 saturated heterocycles. The van der Waals surface area contributed by atoms with Crippen LogP contribution in [-0.2, 0) is 17.6 Å². The number of imidazole rings is 1. The molecule has 0 spiro atoms. The number of pyridine rings is 1. The van der Waals surface area contributed by atoms with Crippen LogP contribution in [0.3, 0.4) is 0 Å². The molecule has 0 aromatic carbocycles. The van der Waals surface area contributed by atoms with E-state index in [0.29, 0.717) is 35.7 Å². The molecule has 2 heterocycles. The Kier molecular flexibility index (Phi) is 4.89. The number of fused-ring (bicyclic) bond motifs is 1. The zero-order chi connectivity index (χ0) is 17.3. The molecule has 0 fully saturated rings. The fourth-order valence-electron chi connectivity index (χ4n) is 2.08. The predicted octanol–water partition coefficient (Wildman–Crippen LogP) is 2.82. The summed E-state index contributed by atoms with van der Waals surface area (Å²) in [6.07, 6.45) is 1.52. The summed E-state index contributed by atoms with van der Waals surface area (Å²) < 4.78 is 8.05. The molecule has 0 aliphatic heterocycles. The van der Waals surface area contributed by atoms with Crippen LogP contribution in [0, 0.1) is 11.3 Å². The molecule has 0 atom stereocenters. The molecule has 0 saturated carbocycles. The minimum Gasteiger partial charge on any atom is -0.415 e.